The first-order chi connectivity index (χ1) is 12.9. The van der Waals surface area contributed by atoms with Crippen LogP contribution in [0.25, 0.3) is 10.3 Å². The highest BCUT2D eigenvalue weighted by Crippen LogP contribution is 2.33. The highest BCUT2D eigenvalue weighted by Gasteiger charge is 2.33. The molecule has 2 aromatic heterocycles. The van der Waals surface area contributed by atoms with Crippen LogP contribution in [0.3, 0.4) is 0 Å². The summed E-state index contributed by atoms with van der Waals surface area (Å²) in [5.74, 6) is 0. The van der Waals surface area contributed by atoms with Gasteiger partial charge in [0.2, 0.25) is 0 Å². The SMILES string of the molecule is O=c1ncn(Cc2ccccc2C(F)(F)F)c2nc(N3CCOCC3)sc12. The standard InChI is InChI=1S/C17H15F3N4O2S/c18-17(19,20)12-4-2-1-3-11(12)9-24-10-21-15(25)13-14(24)22-16(27-13)23-5-7-26-8-6-23/h1-4,10H,5-9H2. The summed E-state index contributed by atoms with van der Waals surface area (Å²) in [6.45, 7) is 2.36. The number of morpholine rings is 1. The van der Waals surface area contributed by atoms with Gasteiger partial charge in [-0.2, -0.15) is 18.2 Å². The fraction of sp³-hybridized carbons (Fsp3) is 0.353. The van der Waals surface area contributed by atoms with Crippen molar-refractivity contribution in [3.05, 3.63) is 52.1 Å². The van der Waals surface area contributed by atoms with E-state index in [2.05, 4.69) is 9.97 Å². The van der Waals surface area contributed by atoms with Gasteiger partial charge in [-0.15, -0.1) is 0 Å². The van der Waals surface area contributed by atoms with Crippen molar-refractivity contribution in [2.24, 2.45) is 0 Å². The Bertz CT molecular complexity index is 1020. The second kappa shape index (κ2) is 6.93. The molecule has 1 aliphatic heterocycles. The van der Waals surface area contributed by atoms with Gasteiger partial charge in [0.1, 0.15) is 11.0 Å². The van der Waals surface area contributed by atoms with E-state index in [1.54, 1.807) is 6.07 Å². The summed E-state index contributed by atoms with van der Waals surface area (Å²) in [6.07, 6.45) is -3.20. The molecule has 0 bridgehead atoms. The number of nitrogens with zero attached hydrogens (tertiary/aromatic N) is 4. The van der Waals surface area contributed by atoms with E-state index in [-0.39, 0.29) is 12.1 Å². The third kappa shape index (κ3) is 3.54. The summed E-state index contributed by atoms with van der Waals surface area (Å²) in [7, 11) is 0. The number of alkyl halides is 3. The number of rotatable bonds is 3. The lowest BCUT2D eigenvalue weighted by molar-refractivity contribution is -0.138. The number of hydrogen-bond donors (Lipinski definition) is 0. The third-order valence-corrected chi connectivity index (χ3v) is 5.42. The molecule has 0 atom stereocenters. The quantitative estimate of drug-likeness (QED) is 0.681. The van der Waals surface area contributed by atoms with Gasteiger partial charge in [-0.05, 0) is 11.6 Å². The van der Waals surface area contributed by atoms with Gasteiger partial charge in [-0.3, -0.25) is 4.79 Å². The van der Waals surface area contributed by atoms with Gasteiger partial charge in [0, 0.05) is 13.1 Å². The number of thiazole rings is 1. The Hall–Kier alpha value is -2.46. The van der Waals surface area contributed by atoms with Gasteiger partial charge >= 0.3 is 6.18 Å². The molecule has 27 heavy (non-hydrogen) atoms. The second-order valence-electron chi connectivity index (χ2n) is 6.08. The lowest BCUT2D eigenvalue weighted by Crippen LogP contribution is -2.36. The van der Waals surface area contributed by atoms with E-state index in [1.807, 2.05) is 4.90 Å². The Kier molecular flexibility index (Phi) is 4.60. The van der Waals surface area contributed by atoms with Crippen LogP contribution in [0.5, 0.6) is 0 Å². The summed E-state index contributed by atoms with van der Waals surface area (Å²) in [5, 5.41) is 0.649. The highest BCUT2D eigenvalue weighted by molar-refractivity contribution is 7.22. The van der Waals surface area contributed by atoms with Crippen LogP contribution in [0.15, 0.2) is 35.4 Å². The Morgan fingerprint density at radius 1 is 1.19 bits per heavy atom. The topological polar surface area (TPSA) is 60.2 Å². The van der Waals surface area contributed by atoms with Crippen molar-refractivity contribution in [2.45, 2.75) is 12.7 Å². The first kappa shape index (κ1) is 17.9. The van der Waals surface area contributed by atoms with Gasteiger partial charge in [0.05, 0.1) is 25.3 Å². The minimum Gasteiger partial charge on any atom is -0.378 e. The van der Waals surface area contributed by atoms with Crippen molar-refractivity contribution in [3.63, 3.8) is 0 Å². The zero-order valence-electron chi connectivity index (χ0n) is 14.1. The Balaban J connectivity index is 1.76. The molecule has 0 aliphatic carbocycles. The molecule has 142 valence electrons. The molecule has 0 unspecified atom stereocenters. The van der Waals surface area contributed by atoms with Crippen LogP contribution < -0.4 is 10.5 Å². The molecular weight excluding hydrogens is 381 g/mol. The van der Waals surface area contributed by atoms with E-state index in [9.17, 15) is 18.0 Å². The number of aromatic nitrogens is 3. The molecule has 1 saturated heterocycles. The van der Waals surface area contributed by atoms with E-state index >= 15 is 0 Å². The first-order valence-electron chi connectivity index (χ1n) is 8.27. The second-order valence-corrected chi connectivity index (χ2v) is 7.06. The monoisotopic (exact) mass is 396 g/mol. The number of anilines is 1. The summed E-state index contributed by atoms with van der Waals surface area (Å²) in [4.78, 5) is 22.5. The summed E-state index contributed by atoms with van der Waals surface area (Å²) < 4.78 is 46.9. The molecule has 0 amide bonds. The number of halogens is 3. The largest absolute Gasteiger partial charge is 0.416 e. The molecule has 6 nitrogen and oxygen atoms in total. The maximum absolute atomic E-state index is 13.3. The zero-order chi connectivity index (χ0) is 19.0. The van der Waals surface area contributed by atoms with Crippen LogP contribution in [0, 0.1) is 0 Å². The molecular formula is C17H15F3N4O2S. The zero-order valence-corrected chi connectivity index (χ0v) is 14.9. The molecule has 10 heteroatoms. The molecule has 3 aromatic rings. The number of benzene rings is 1. The summed E-state index contributed by atoms with van der Waals surface area (Å²) >= 11 is 1.21. The lowest BCUT2D eigenvalue weighted by Gasteiger charge is -2.25. The average Bonchev–Trinajstić information content (AvgIpc) is 3.11. The molecule has 0 N–H and O–H groups in total. The molecule has 3 heterocycles. The van der Waals surface area contributed by atoms with E-state index in [1.165, 1.54) is 34.4 Å². The maximum Gasteiger partial charge on any atom is 0.416 e. The summed E-state index contributed by atoms with van der Waals surface area (Å²) in [5.41, 5.74) is -0.695. The molecule has 4 rings (SSSR count). The van der Waals surface area contributed by atoms with Crippen LogP contribution in [0.2, 0.25) is 0 Å². The van der Waals surface area contributed by atoms with Crippen molar-refractivity contribution >= 4 is 26.8 Å². The van der Waals surface area contributed by atoms with Crippen molar-refractivity contribution < 1.29 is 17.9 Å². The predicted octanol–water partition coefficient (Wildman–Crippen LogP) is 2.76. The van der Waals surface area contributed by atoms with Crippen molar-refractivity contribution in [2.75, 3.05) is 31.2 Å². The van der Waals surface area contributed by atoms with E-state index in [4.69, 9.17) is 4.74 Å². The van der Waals surface area contributed by atoms with Crippen LogP contribution in [-0.4, -0.2) is 40.8 Å². The van der Waals surface area contributed by atoms with Crippen molar-refractivity contribution in [3.8, 4) is 0 Å². The van der Waals surface area contributed by atoms with E-state index < -0.39 is 17.3 Å². The smallest absolute Gasteiger partial charge is 0.378 e. The van der Waals surface area contributed by atoms with Crippen LogP contribution in [0.4, 0.5) is 18.3 Å². The molecule has 1 fully saturated rings. The first-order valence-corrected chi connectivity index (χ1v) is 9.09. The predicted molar refractivity (Wildman–Crippen MR) is 95.3 cm³/mol. The van der Waals surface area contributed by atoms with Crippen LogP contribution in [-0.2, 0) is 17.5 Å². The van der Waals surface area contributed by atoms with Crippen LogP contribution >= 0.6 is 11.3 Å². The minimum absolute atomic E-state index is 0.0776. The average molecular weight is 396 g/mol. The van der Waals surface area contributed by atoms with E-state index in [0.717, 1.165) is 6.07 Å². The minimum atomic E-state index is -4.46. The van der Waals surface area contributed by atoms with Gasteiger partial charge in [-0.1, -0.05) is 29.5 Å². The van der Waals surface area contributed by atoms with Crippen molar-refractivity contribution in [1.82, 2.24) is 14.5 Å². The lowest BCUT2D eigenvalue weighted by atomic mass is 10.1. The normalized spacial score (nSPS) is 15.4. The fourth-order valence-electron chi connectivity index (χ4n) is 2.99. The number of hydrogen-bond acceptors (Lipinski definition) is 6. The molecule has 1 aliphatic rings. The maximum atomic E-state index is 13.3. The Labute approximate surface area is 155 Å². The molecule has 0 saturated carbocycles. The van der Waals surface area contributed by atoms with Crippen LogP contribution in [0.1, 0.15) is 11.1 Å². The molecule has 0 spiro atoms. The summed E-state index contributed by atoms with van der Waals surface area (Å²) in [6, 6.07) is 5.37. The van der Waals surface area contributed by atoms with E-state index in [0.29, 0.717) is 41.8 Å². The third-order valence-electron chi connectivity index (χ3n) is 4.32. The highest BCUT2D eigenvalue weighted by atomic mass is 32.1. The van der Waals surface area contributed by atoms with Gasteiger partial charge in [0.25, 0.3) is 5.56 Å². The molecule has 0 radical (unpaired) electrons. The number of ether oxygens (including phenoxy) is 1. The Morgan fingerprint density at radius 3 is 2.67 bits per heavy atom. The fourth-order valence-corrected chi connectivity index (χ4v) is 4.01. The van der Waals surface area contributed by atoms with Gasteiger partial charge in [-0.25, -0.2) is 4.98 Å². The van der Waals surface area contributed by atoms with Gasteiger partial charge < -0.3 is 14.2 Å². The Morgan fingerprint density at radius 2 is 1.93 bits per heavy atom. The molecule has 1 aromatic carbocycles. The van der Waals surface area contributed by atoms with Gasteiger partial charge in [0.15, 0.2) is 10.8 Å². The van der Waals surface area contributed by atoms with Crippen molar-refractivity contribution in [1.29, 1.82) is 0 Å². The number of fused-ring (bicyclic) bond motifs is 1.